The van der Waals surface area contributed by atoms with Gasteiger partial charge < -0.3 is 15.2 Å². The maximum absolute atomic E-state index is 12.0. The first-order chi connectivity index (χ1) is 10.2. The van der Waals surface area contributed by atoms with Gasteiger partial charge in [0.2, 0.25) is 0 Å². The highest BCUT2D eigenvalue weighted by Gasteiger charge is 2.26. The Bertz CT molecular complexity index is 564. The van der Waals surface area contributed by atoms with Crippen LogP contribution in [0.5, 0.6) is 0 Å². The minimum atomic E-state index is -0.552. The lowest BCUT2D eigenvalue weighted by molar-refractivity contribution is 0.0509. The maximum Gasteiger partial charge on any atom is 0.408 e. The van der Waals surface area contributed by atoms with E-state index in [2.05, 4.69) is 10.3 Å². The number of hydrogen-bond donors (Lipinski definition) is 2. The highest BCUT2D eigenvalue weighted by Crippen LogP contribution is 2.28. The normalized spacial score (nSPS) is 22.0. The Morgan fingerprint density at radius 2 is 2.14 bits per heavy atom. The van der Waals surface area contributed by atoms with E-state index in [1.54, 1.807) is 18.3 Å². The second kappa shape index (κ2) is 6.67. The van der Waals surface area contributed by atoms with Crippen LogP contribution in [0.3, 0.4) is 0 Å². The summed E-state index contributed by atoms with van der Waals surface area (Å²) in [7, 11) is 0. The highest BCUT2D eigenvalue weighted by molar-refractivity contribution is 6.29. The van der Waals surface area contributed by atoms with Gasteiger partial charge in [-0.05, 0) is 50.8 Å². The van der Waals surface area contributed by atoms with Gasteiger partial charge in [0.05, 0.1) is 12.1 Å². The number of halogens is 1. The molecule has 0 fully saturated rings. The molecule has 0 unspecified atom stereocenters. The van der Waals surface area contributed by atoms with E-state index in [1.807, 2.05) is 26.8 Å². The quantitative estimate of drug-likeness (QED) is 0.820. The molecule has 0 aromatic carbocycles. The molecule has 5 nitrogen and oxygen atoms in total. The van der Waals surface area contributed by atoms with Crippen molar-refractivity contribution < 1.29 is 14.6 Å². The molecule has 120 valence electrons. The van der Waals surface area contributed by atoms with Gasteiger partial charge in [-0.3, -0.25) is 0 Å². The van der Waals surface area contributed by atoms with Gasteiger partial charge in [0.25, 0.3) is 0 Å². The Balaban J connectivity index is 2.17. The number of pyridine rings is 1. The first-order valence-corrected chi connectivity index (χ1v) is 7.63. The minimum absolute atomic E-state index is 0.221. The van der Waals surface area contributed by atoms with Crippen molar-refractivity contribution in [1.82, 2.24) is 10.3 Å². The van der Waals surface area contributed by atoms with Crippen molar-refractivity contribution in [2.24, 2.45) is 0 Å². The van der Waals surface area contributed by atoms with Gasteiger partial charge >= 0.3 is 6.09 Å². The van der Waals surface area contributed by atoms with Crippen LogP contribution in [0.1, 0.15) is 39.2 Å². The average Bonchev–Trinajstić information content (AvgIpc) is 2.40. The van der Waals surface area contributed by atoms with Crippen LogP contribution in [-0.4, -0.2) is 33.9 Å². The summed E-state index contributed by atoms with van der Waals surface area (Å²) in [6, 6.07) is 3.29. The molecule has 0 radical (unpaired) electrons. The van der Waals surface area contributed by atoms with Crippen LogP contribution < -0.4 is 5.32 Å². The third-order valence-corrected chi connectivity index (χ3v) is 3.47. The molecule has 22 heavy (non-hydrogen) atoms. The highest BCUT2D eigenvalue weighted by atomic mass is 35.5. The molecular weight excluding hydrogens is 304 g/mol. The van der Waals surface area contributed by atoms with Crippen molar-refractivity contribution in [2.45, 2.75) is 51.4 Å². The van der Waals surface area contributed by atoms with Crippen LogP contribution in [0, 0.1) is 0 Å². The van der Waals surface area contributed by atoms with Crippen molar-refractivity contribution in [3.05, 3.63) is 35.1 Å². The number of ether oxygens (including phenoxy) is 1. The molecule has 0 saturated carbocycles. The monoisotopic (exact) mass is 324 g/mol. The number of amides is 1. The predicted octanol–water partition coefficient (Wildman–Crippen LogP) is 3.17. The van der Waals surface area contributed by atoms with Gasteiger partial charge in [0, 0.05) is 6.20 Å². The van der Waals surface area contributed by atoms with Gasteiger partial charge in [0.1, 0.15) is 10.8 Å². The molecule has 1 heterocycles. The van der Waals surface area contributed by atoms with E-state index in [0.29, 0.717) is 18.0 Å². The second-order valence-electron chi connectivity index (χ2n) is 6.34. The lowest BCUT2D eigenvalue weighted by Crippen LogP contribution is -2.41. The summed E-state index contributed by atoms with van der Waals surface area (Å²) in [5.74, 6) is 0. The van der Waals surface area contributed by atoms with Crippen LogP contribution in [0.25, 0.3) is 5.57 Å². The van der Waals surface area contributed by atoms with Crippen molar-refractivity contribution in [3.63, 3.8) is 0 Å². The molecule has 1 aromatic heterocycles. The van der Waals surface area contributed by atoms with Crippen molar-refractivity contribution >= 4 is 23.3 Å². The van der Waals surface area contributed by atoms with Crippen LogP contribution in [0.15, 0.2) is 24.4 Å². The summed E-state index contributed by atoms with van der Waals surface area (Å²) in [4.78, 5) is 16.0. The summed E-state index contributed by atoms with van der Waals surface area (Å²) in [6.45, 7) is 5.45. The van der Waals surface area contributed by atoms with Gasteiger partial charge in [-0.1, -0.05) is 23.7 Å². The lowest BCUT2D eigenvalue weighted by atomic mass is 9.88. The number of aliphatic hydroxyl groups is 1. The van der Waals surface area contributed by atoms with Gasteiger partial charge in [0.15, 0.2) is 0 Å². The molecule has 0 bridgehead atoms. The summed E-state index contributed by atoms with van der Waals surface area (Å²) in [5.41, 5.74) is 1.10. The number of alkyl carbamates (subject to hydrolysis) is 1. The molecule has 0 spiro atoms. The third kappa shape index (κ3) is 4.71. The van der Waals surface area contributed by atoms with Gasteiger partial charge in [-0.15, -0.1) is 0 Å². The molecule has 0 saturated heterocycles. The Hall–Kier alpha value is -1.59. The fourth-order valence-electron chi connectivity index (χ4n) is 2.34. The summed E-state index contributed by atoms with van der Waals surface area (Å²) in [5, 5.41) is 13.1. The maximum atomic E-state index is 12.0. The number of nitrogens with one attached hydrogen (secondary N) is 1. The van der Waals surface area contributed by atoms with E-state index in [-0.39, 0.29) is 6.04 Å². The minimum Gasteiger partial charge on any atom is -0.444 e. The van der Waals surface area contributed by atoms with E-state index < -0.39 is 17.8 Å². The topological polar surface area (TPSA) is 71.5 Å². The molecule has 2 atom stereocenters. The standard InChI is InChI=1S/C16H21ClN2O3/c1-16(2,3)22-15(21)19-13-6-5-11(20)8-12(13)10-4-7-14(17)18-9-10/h4,7-9,11,13,20H,5-6H2,1-3H3,(H,19,21)/t11-,13+/m0/s1. The van der Waals surface area contributed by atoms with Crippen molar-refractivity contribution in [1.29, 1.82) is 0 Å². The fraction of sp³-hybridized carbons (Fsp3) is 0.500. The Morgan fingerprint density at radius 1 is 1.41 bits per heavy atom. The van der Waals surface area contributed by atoms with Gasteiger partial charge in [-0.25, -0.2) is 9.78 Å². The van der Waals surface area contributed by atoms with E-state index in [4.69, 9.17) is 16.3 Å². The fourth-order valence-corrected chi connectivity index (χ4v) is 2.46. The second-order valence-corrected chi connectivity index (χ2v) is 6.72. The van der Waals surface area contributed by atoms with E-state index in [9.17, 15) is 9.90 Å². The third-order valence-electron chi connectivity index (χ3n) is 3.25. The molecular formula is C16H21ClN2O3. The van der Waals surface area contributed by atoms with Crippen molar-refractivity contribution in [2.75, 3.05) is 0 Å². The summed E-state index contributed by atoms with van der Waals surface area (Å²) >= 11 is 5.80. The molecule has 0 aliphatic heterocycles. The summed E-state index contributed by atoms with van der Waals surface area (Å²) in [6.07, 6.45) is 3.61. The number of aliphatic hydroxyl groups excluding tert-OH is 1. The number of hydrogen-bond acceptors (Lipinski definition) is 4. The van der Waals surface area contributed by atoms with E-state index in [0.717, 1.165) is 11.1 Å². The first kappa shape index (κ1) is 16.8. The lowest BCUT2D eigenvalue weighted by Gasteiger charge is -2.29. The first-order valence-electron chi connectivity index (χ1n) is 7.26. The number of carbonyl (C=O) groups is 1. The number of aromatic nitrogens is 1. The Kier molecular flexibility index (Phi) is 5.08. The smallest absolute Gasteiger partial charge is 0.408 e. The van der Waals surface area contributed by atoms with Crippen LogP contribution in [0.2, 0.25) is 5.15 Å². The molecule has 6 heteroatoms. The zero-order valence-electron chi connectivity index (χ0n) is 13.0. The van der Waals surface area contributed by atoms with E-state index >= 15 is 0 Å². The zero-order chi connectivity index (χ0) is 16.3. The number of carbonyl (C=O) groups excluding carboxylic acids is 1. The Morgan fingerprint density at radius 3 is 2.73 bits per heavy atom. The largest absolute Gasteiger partial charge is 0.444 e. The van der Waals surface area contributed by atoms with E-state index in [1.165, 1.54) is 0 Å². The SMILES string of the molecule is CC(C)(C)OC(=O)N[C@@H]1CC[C@H](O)C=C1c1ccc(Cl)nc1. The van der Waals surface area contributed by atoms with Gasteiger partial charge in [-0.2, -0.15) is 0 Å². The molecule has 2 N–H and O–H groups in total. The molecule has 2 rings (SSSR count). The van der Waals surface area contributed by atoms with Crippen LogP contribution >= 0.6 is 11.6 Å². The van der Waals surface area contributed by atoms with Crippen LogP contribution in [-0.2, 0) is 4.74 Å². The Labute approximate surface area is 135 Å². The molecule has 1 aliphatic rings. The summed E-state index contributed by atoms with van der Waals surface area (Å²) < 4.78 is 5.29. The zero-order valence-corrected chi connectivity index (χ0v) is 13.7. The average molecular weight is 325 g/mol. The molecule has 1 amide bonds. The molecule has 1 aliphatic carbocycles. The van der Waals surface area contributed by atoms with Crippen molar-refractivity contribution in [3.8, 4) is 0 Å². The number of nitrogens with zero attached hydrogens (tertiary/aromatic N) is 1. The van der Waals surface area contributed by atoms with Crippen LogP contribution in [0.4, 0.5) is 4.79 Å². The number of rotatable bonds is 2. The predicted molar refractivity (Wildman–Crippen MR) is 85.6 cm³/mol. The molecule has 1 aromatic rings.